The molecule has 0 aliphatic heterocycles. The van der Waals surface area contributed by atoms with Crippen molar-refractivity contribution in [2.45, 2.75) is 38.6 Å². The second-order valence-corrected chi connectivity index (χ2v) is 5.00. The lowest BCUT2D eigenvalue weighted by Gasteiger charge is -2.17. The number of rotatable bonds is 6. The van der Waals surface area contributed by atoms with Crippen LogP contribution < -0.4 is 16.8 Å². The second kappa shape index (κ2) is 6.59. The molecule has 1 rings (SSSR count). The molecule has 0 aromatic heterocycles. The first-order valence-electron chi connectivity index (χ1n) is 6.26. The van der Waals surface area contributed by atoms with E-state index in [0.717, 1.165) is 25.8 Å². The summed E-state index contributed by atoms with van der Waals surface area (Å²) in [6, 6.07) is 0.00169. The zero-order valence-corrected chi connectivity index (χ0v) is 10.8. The van der Waals surface area contributed by atoms with E-state index in [0.29, 0.717) is 11.8 Å². The zero-order valence-electron chi connectivity index (χ0n) is 10.8. The molecule has 1 fully saturated rings. The van der Waals surface area contributed by atoms with Gasteiger partial charge in [-0.15, -0.1) is 0 Å². The van der Waals surface area contributed by atoms with Crippen molar-refractivity contribution < 1.29 is 4.79 Å². The first kappa shape index (κ1) is 14.0. The van der Waals surface area contributed by atoms with Crippen molar-refractivity contribution in [2.75, 3.05) is 13.6 Å². The van der Waals surface area contributed by atoms with Crippen LogP contribution in [0, 0.1) is 11.8 Å². The van der Waals surface area contributed by atoms with E-state index < -0.39 is 0 Å². The number of carbonyl (C=O) groups is 1. The number of carbonyl (C=O) groups excluding carboxylic acids is 1. The van der Waals surface area contributed by atoms with E-state index in [-0.39, 0.29) is 17.8 Å². The predicted molar refractivity (Wildman–Crippen MR) is 69.7 cm³/mol. The van der Waals surface area contributed by atoms with E-state index in [4.69, 9.17) is 11.5 Å². The molecule has 0 aromatic rings. The minimum atomic E-state index is 0.00169. The average molecular weight is 240 g/mol. The Morgan fingerprint density at radius 3 is 2.59 bits per heavy atom. The smallest absolute Gasteiger partial charge is 0.185 e. The van der Waals surface area contributed by atoms with E-state index in [1.165, 1.54) is 6.42 Å². The first-order valence-corrected chi connectivity index (χ1v) is 6.26. The van der Waals surface area contributed by atoms with Gasteiger partial charge in [0.1, 0.15) is 5.78 Å². The first-order chi connectivity index (χ1) is 8.02. The molecule has 1 aliphatic carbocycles. The van der Waals surface area contributed by atoms with Gasteiger partial charge in [0.05, 0.1) is 6.04 Å². The largest absolute Gasteiger partial charge is 0.370 e. The van der Waals surface area contributed by atoms with Crippen LogP contribution in [0.3, 0.4) is 0 Å². The SMILES string of the molecule is CNC(CC1CCC(CN=C(N)N)C1)C(C)=O. The van der Waals surface area contributed by atoms with E-state index in [2.05, 4.69) is 10.3 Å². The number of guanidine groups is 1. The minimum absolute atomic E-state index is 0.00169. The standard InChI is InChI=1S/C12H24N4O/c1-8(17)11(15-2)6-9-3-4-10(5-9)7-16-12(13)14/h9-11,15H,3-7H2,1-2H3,(H4,13,14,16). The summed E-state index contributed by atoms with van der Waals surface area (Å²) in [7, 11) is 1.85. The van der Waals surface area contributed by atoms with Crippen molar-refractivity contribution in [1.82, 2.24) is 5.32 Å². The monoisotopic (exact) mass is 240 g/mol. The Kier molecular flexibility index (Phi) is 5.41. The molecule has 3 atom stereocenters. The molecule has 0 amide bonds. The Bertz CT molecular complexity index is 286. The molecule has 1 aliphatic rings. The van der Waals surface area contributed by atoms with Crippen LogP contribution in [0.1, 0.15) is 32.6 Å². The zero-order chi connectivity index (χ0) is 12.8. The molecule has 0 radical (unpaired) electrons. The van der Waals surface area contributed by atoms with Crippen LogP contribution in [-0.4, -0.2) is 31.4 Å². The Balaban J connectivity index is 2.35. The van der Waals surface area contributed by atoms with Crippen LogP contribution in [0.4, 0.5) is 0 Å². The summed E-state index contributed by atoms with van der Waals surface area (Å²) in [5, 5.41) is 3.08. The van der Waals surface area contributed by atoms with Crippen molar-refractivity contribution in [2.24, 2.45) is 28.3 Å². The van der Waals surface area contributed by atoms with E-state index in [1.54, 1.807) is 6.92 Å². The highest BCUT2D eigenvalue weighted by Gasteiger charge is 2.27. The van der Waals surface area contributed by atoms with Gasteiger partial charge in [-0.3, -0.25) is 9.79 Å². The minimum Gasteiger partial charge on any atom is -0.370 e. The molecule has 5 nitrogen and oxygen atoms in total. The third kappa shape index (κ3) is 4.73. The summed E-state index contributed by atoms with van der Waals surface area (Å²) in [6.45, 7) is 2.37. The summed E-state index contributed by atoms with van der Waals surface area (Å²) in [5.41, 5.74) is 10.6. The van der Waals surface area contributed by atoms with Crippen LogP contribution in [0.5, 0.6) is 0 Å². The lowest BCUT2D eigenvalue weighted by molar-refractivity contribution is -0.119. The molecule has 0 bridgehead atoms. The second-order valence-electron chi connectivity index (χ2n) is 5.00. The average Bonchev–Trinajstić information content (AvgIpc) is 2.70. The van der Waals surface area contributed by atoms with Crippen LogP contribution >= 0.6 is 0 Å². The van der Waals surface area contributed by atoms with Crippen LogP contribution in [0.2, 0.25) is 0 Å². The number of aliphatic imine (C=N–C) groups is 1. The van der Waals surface area contributed by atoms with Crippen molar-refractivity contribution in [1.29, 1.82) is 0 Å². The Morgan fingerprint density at radius 2 is 2.06 bits per heavy atom. The third-order valence-electron chi connectivity index (χ3n) is 3.59. The lowest BCUT2D eigenvalue weighted by atomic mass is 9.95. The molecule has 5 heteroatoms. The molecule has 3 unspecified atom stereocenters. The highest BCUT2D eigenvalue weighted by Crippen LogP contribution is 2.34. The van der Waals surface area contributed by atoms with Gasteiger partial charge in [0.2, 0.25) is 0 Å². The Morgan fingerprint density at radius 1 is 1.41 bits per heavy atom. The predicted octanol–water partition coefficient (Wildman–Crippen LogP) is 0.243. The van der Waals surface area contributed by atoms with Crippen molar-refractivity contribution in [3.8, 4) is 0 Å². The van der Waals surface area contributed by atoms with Gasteiger partial charge in [0, 0.05) is 6.54 Å². The van der Waals surface area contributed by atoms with Crippen LogP contribution in [0.15, 0.2) is 4.99 Å². The molecule has 17 heavy (non-hydrogen) atoms. The van der Waals surface area contributed by atoms with E-state index in [1.807, 2.05) is 7.05 Å². The molecule has 98 valence electrons. The van der Waals surface area contributed by atoms with Gasteiger partial charge < -0.3 is 16.8 Å². The molecule has 0 saturated heterocycles. The Hall–Kier alpha value is -1.10. The van der Waals surface area contributed by atoms with E-state index >= 15 is 0 Å². The van der Waals surface area contributed by atoms with Crippen molar-refractivity contribution in [3.05, 3.63) is 0 Å². The molecule has 0 heterocycles. The highest BCUT2D eigenvalue weighted by molar-refractivity contribution is 5.81. The van der Waals surface area contributed by atoms with Gasteiger partial charge >= 0.3 is 0 Å². The fourth-order valence-electron chi connectivity index (χ4n) is 2.61. The topological polar surface area (TPSA) is 93.5 Å². The van der Waals surface area contributed by atoms with Crippen molar-refractivity contribution >= 4 is 11.7 Å². The van der Waals surface area contributed by atoms with Crippen LogP contribution in [-0.2, 0) is 4.79 Å². The number of hydrogen-bond acceptors (Lipinski definition) is 3. The quantitative estimate of drug-likeness (QED) is 0.458. The lowest BCUT2D eigenvalue weighted by Crippen LogP contribution is -2.34. The molecule has 0 spiro atoms. The molecular formula is C12H24N4O. The molecule has 5 N–H and O–H groups in total. The van der Waals surface area contributed by atoms with Gasteiger partial charge in [-0.1, -0.05) is 6.42 Å². The number of likely N-dealkylation sites (N-methyl/N-ethyl adjacent to an activating group) is 1. The number of Topliss-reactive ketones (excluding diaryl/α,β-unsaturated/α-hetero) is 1. The maximum Gasteiger partial charge on any atom is 0.185 e. The van der Waals surface area contributed by atoms with Crippen molar-refractivity contribution in [3.63, 3.8) is 0 Å². The molecular weight excluding hydrogens is 216 g/mol. The fourth-order valence-corrected chi connectivity index (χ4v) is 2.61. The summed E-state index contributed by atoms with van der Waals surface area (Å²) in [4.78, 5) is 15.4. The maximum atomic E-state index is 11.3. The number of nitrogens with one attached hydrogen (secondary N) is 1. The molecule has 0 aromatic carbocycles. The third-order valence-corrected chi connectivity index (χ3v) is 3.59. The van der Waals surface area contributed by atoms with Gasteiger partial charge in [-0.2, -0.15) is 0 Å². The van der Waals surface area contributed by atoms with Gasteiger partial charge in [0.25, 0.3) is 0 Å². The van der Waals surface area contributed by atoms with Gasteiger partial charge in [-0.25, -0.2) is 0 Å². The van der Waals surface area contributed by atoms with Gasteiger partial charge in [-0.05, 0) is 45.1 Å². The number of nitrogens with two attached hydrogens (primary N) is 2. The van der Waals surface area contributed by atoms with Crippen LogP contribution in [0.25, 0.3) is 0 Å². The summed E-state index contributed by atoms with van der Waals surface area (Å²) in [5.74, 6) is 1.59. The van der Waals surface area contributed by atoms with E-state index in [9.17, 15) is 4.79 Å². The number of ketones is 1. The fraction of sp³-hybridized carbons (Fsp3) is 0.833. The maximum absolute atomic E-state index is 11.3. The number of nitrogens with zero attached hydrogens (tertiary/aromatic N) is 1. The highest BCUT2D eigenvalue weighted by atomic mass is 16.1. The summed E-state index contributed by atoms with van der Waals surface area (Å²) >= 11 is 0. The normalized spacial score (nSPS) is 25.5. The van der Waals surface area contributed by atoms with Gasteiger partial charge in [0.15, 0.2) is 5.96 Å². The molecule has 1 saturated carbocycles. The summed E-state index contributed by atoms with van der Waals surface area (Å²) in [6.07, 6.45) is 4.40. The number of hydrogen-bond donors (Lipinski definition) is 3. The summed E-state index contributed by atoms with van der Waals surface area (Å²) < 4.78 is 0. The Labute approximate surface area is 103 Å².